The lowest BCUT2D eigenvalue weighted by molar-refractivity contribution is -0.117. The van der Waals surface area contributed by atoms with Gasteiger partial charge < -0.3 is 20.4 Å². The number of allylic oxidation sites excluding steroid dienone is 3. The number of hydrogen-bond donors (Lipinski definition) is 3. The van der Waals surface area contributed by atoms with Gasteiger partial charge in [0.15, 0.2) is 0 Å². The molecule has 0 aliphatic carbocycles. The average Bonchev–Trinajstić information content (AvgIpc) is 3.26. The summed E-state index contributed by atoms with van der Waals surface area (Å²) in [6, 6.07) is 10.2. The first-order chi connectivity index (χ1) is 16.4. The topological polar surface area (TPSA) is 105 Å². The average molecular weight is 484 g/mol. The van der Waals surface area contributed by atoms with Gasteiger partial charge in [-0.3, -0.25) is 14.2 Å². The number of carbonyl (C=O) groups is 1. The van der Waals surface area contributed by atoms with Crippen LogP contribution in [0.4, 0.5) is 5.69 Å². The molecule has 180 valence electrons. The molecule has 4 aliphatic heterocycles. The molecule has 1 amide bonds. The van der Waals surface area contributed by atoms with E-state index in [4.69, 9.17) is 0 Å². The predicted octanol–water partition coefficient (Wildman–Crippen LogP) is 1.04. The number of amides is 1. The fourth-order valence-electron chi connectivity index (χ4n) is 4.97. The summed E-state index contributed by atoms with van der Waals surface area (Å²) in [7, 11) is -4.60. The van der Waals surface area contributed by atoms with Gasteiger partial charge in [-0.05, 0) is 43.3 Å². The van der Waals surface area contributed by atoms with E-state index in [1.165, 1.54) is 5.69 Å². The minimum Gasteiger partial charge on any atom is -0.369 e. The van der Waals surface area contributed by atoms with Gasteiger partial charge in [0, 0.05) is 45.0 Å². The molecule has 4 aliphatic rings. The largest absolute Gasteiger partial charge is 0.369 e. The number of hydrogen-bond acceptors (Lipinski definition) is 7. The number of piperazine rings is 1. The maximum Gasteiger partial charge on any atom is 0.297 e. The van der Waals surface area contributed by atoms with Crippen LogP contribution in [-0.4, -0.2) is 80.5 Å². The minimum absolute atomic E-state index is 0.00447. The zero-order valence-corrected chi connectivity index (χ0v) is 19.7. The quantitative estimate of drug-likeness (QED) is 0.390. The van der Waals surface area contributed by atoms with Crippen molar-refractivity contribution in [3.63, 3.8) is 0 Å². The maximum absolute atomic E-state index is 13.0. The van der Waals surface area contributed by atoms with Gasteiger partial charge in [-0.25, -0.2) is 0 Å². The normalized spacial score (nSPS) is 22.2. The second-order valence-corrected chi connectivity index (χ2v) is 10.1. The number of carbonyl (C=O) groups excluding carboxylic acids is 1. The molecule has 0 saturated carbocycles. The van der Waals surface area contributed by atoms with Gasteiger partial charge in [-0.1, -0.05) is 24.3 Å². The zero-order valence-electron chi connectivity index (χ0n) is 18.9. The molecule has 4 heterocycles. The number of nitrogens with zero attached hydrogens (tertiary/aromatic N) is 3. The third-order valence-corrected chi connectivity index (χ3v) is 7.57. The lowest BCUT2D eigenvalue weighted by atomic mass is 10.0. The lowest BCUT2D eigenvalue weighted by Crippen LogP contribution is -2.47. The molecule has 0 radical (unpaired) electrons. The van der Waals surface area contributed by atoms with Crippen LogP contribution in [0.1, 0.15) is 6.42 Å². The van der Waals surface area contributed by atoms with Crippen LogP contribution in [0.2, 0.25) is 0 Å². The molecule has 0 spiro atoms. The first-order valence-electron chi connectivity index (χ1n) is 11.6. The molecule has 10 heteroatoms. The second-order valence-electron chi connectivity index (χ2n) is 8.77. The van der Waals surface area contributed by atoms with Crippen molar-refractivity contribution in [1.29, 1.82) is 0 Å². The zero-order chi connectivity index (χ0) is 23.7. The first kappa shape index (κ1) is 22.7. The van der Waals surface area contributed by atoms with Crippen LogP contribution in [0.25, 0.3) is 0 Å². The summed E-state index contributed by atoms with van der Waals surface area (Å²) in [6.07, 6.45) is 7.54. The third-order valence-electron chi connectivity index (χ3n) is 6.62. The summed E-state index contributed by atoms with van der Waals surface area (Å²) in [5.74, 6) is 0.275. The number of anilines is 1. The van der Waals surface area contributed by atoms with Crippen molar-refractivity contribution in [2.45, 2.75) is 12.5 Å². The highest BCUT2D eigenvalue weighted by Crippen LogP contribution is 2.37. The van der Waals surface area contributed by atoms with Crippen molar-refractivity contribution in [2.75, 3.05) is 50.7 Å². The second kappa shape index (κ2) is 9.28. The molecule has 1 atom stereocenters. The Labute approximate surface area is 199 Å². The van der Waals surface area contributed by atoms with Gasteiger partial charge >= 0.3 is 0 Å². The Balaban J connectivity index is 1.16. The van der Waals surface area contributed by atoms with Crippen LogP contribution in [-0.2, 0) is 14.9 Å². The summed E-state index contributed by atoms with van der Waals surface area (Å²) in [4.78, 5) is 19.2. The van der Waals surface area contributed by atoms with Crippen molar-refractivity contribution in [3.8, 4) is 0 Å². The lowest BCUT2D eigenvalue weighted by Gasteiger charge is -2.36. The summed E-state index contributed by atoms with van der Waals surface area (Å²) in [5.41, 5.74) is 1.56. The fourth-order valence-corrected chi connectivity index (χ4v) is 5.83. The monoisotopic (exact) mass is 483 g/mol. The molecule has 0 bridgehead atoms. The maximum atomic E-state index is 13.0. The molecule has 3 N–H and O–H groups in total. The van der Waals surface area contributed by atoms with Crippen LogP contribution in [0, 0.1) is 0 Å². The Morgan fingerprint density at radius 2 is 1.91 bits per heavy atom. The van der Waals surface area contributed by atoms with E-state index < -0.39 is 16.0 Å². The Morgan fingerprint density at radius 1 is 1.15 bits per heavy atom. The van der Waals surface area contributed by atoms with Gasteiger partial charge in [-0.2, -0.15) is 8.42 Å². The number of nitrogens with one attached hydrogen (secondary N) is 2. The van der Waals surface area contributed by atoms with Crippen molar-refractivity contribution in [3.05, 3.63) is 76.6 Å². The molecule has 9 nitrogen and oxygen atoms in total. The van der Waals surface area contributed by atoms with Gasteiger partial charge in [0.1, 0.15) is 10.7 Å². The third kappa shape index (κ3) is 4.48. The smallest absolute Gasteiger partial charge is 0.297 e. The molecule has 5 rings (SSSR count). The van der Waals surface area contributed by atoms with Gasteiger partial charge in [0.2, 0.25) is 0 Å². The predicted molar refractivity (Wildman–Crippen MR) is 130 cm³/mol. The van der Waals surface area contributed by atoms with Crippen molar-refractivity contribution < 1.29 is 17.8 Å². The van der Waals surface area contributed by atoms with Crippen molar-refractivity contribution in [1.82, 2.24) is 20.4 Å². The molecule has 0 aromatic heterocycles. The molecule has 1 unspecified atom stereocenters. The molecule has 1 aromatic rings. The molecule has 2 saturated heterocycles. The highest BCUT2D eigenvalue weighted by Gasteiger charge is 2.41. The Kier molecular flexibility index (Phi) is 6.20. The molecule has 34 heavy (non-hydrogen) atoms. The van der Waals surface area contributed by atoms with E-state index in [2.05, 4.69) is 44.7 Å². The van der Waals surface area contributed by atoms with Crippen molar-refractivity contribution >= 4 is 21.7 Å². The van der Waals surface area contributed by atoms with Gasteiger partial charge in [0.25, 0.3) is 16.0 Å². The summed E-state index contributed by atoms with van der Waals surface area (Å²) < 4.78 is 34.4. The van der Waals surface area contributed by atoms with E-state index in [0.717, 1.165) is 45.0 Å². The summed E-state index contributed by atoms with van der Waals surface area (Å²) in [6.45, 7) is 5.68. The van der Waals surface area contributed by atoms with E-state index in [9.17, 15) is 17.8 Å². The molecule has 2 fully saturated rings. The highest BCUT2D eigenvalue weighted by molar-refractivity contribution is 7.90. The van der Waals surface area contributed by atoms with Crippen LogP contribution in [0.5, 0.6) is 0 Å². The summed E-state index contributed by atoms with van der Waals surface area (Å²) in [5, 5.41) is 6.05. The molecule has 1 aromatic carbocycles. The summed E-state index contributed by atoms with van der Waals surface area (Å²) >= 11 is 0. The SMILES string of the molecule is O=C(NCCCN1CCN(c2ccccc2)CC1)C1=CC2CNC3=CC=CC(=C1S(=O)(=O)O)N32. The van der Waals surface area contributed by atoms with E-state index >= 15 is 0 Å². The van der Waals surface area contributed by atoms with Crippen molar-refractivity contribution in [2.24, 2.45) is 0 Å². The van der Waals surface area contributed by atoms with Crippen LogP contribution < -0.4 is 15.5 Å². The van der Waals surface area contributed by atoms with E-state index in [1.54, 1.807) is 23.1 Å². The van der Waals surface area contributed by atoms with E-state index in [0.29, 0.717) is 18.8 Å². The minimum atomic E-state index is -4.60. The van der Waals surface area contributed by atoms with Gasteiger partial charge in [-0.15, -0.1) is 0 Å². The standard InChI is InChI=1S/C24H29N5O4S/c30-24(25-10-5-11-27-12-14-28(15-13-27)18-6-2-1-3-7-18)20-16-19-17-26-22-9-4-8-21(29(19)22)23(20)34(31,32)33/h1-4,6-9,16,19,26H,5,10-15,17H2,(H,25,30)(H,31,32,33). The number of rotatable bonds is 7. The number of para-hydroxylation sites is 1. The Morgan fingerprint density at radius 3 is 2.65 bits per heavy atom. The van der Waals surface area contributed by atoms with Crippen LogP contribution in [0.15, 0.2) is 76.6 Å². The Hall–Kier alpha value is -3.08. The van der Waals surface area contributed by atoms with Crippen LogP contribution in [0.3, 0.4) is 0 Å². The number of benzene rings is 1. The van der Waals surface area contributed by atoms with Gasteiger partial charge in [0.05, 0.1) is 17.3 Å². The Bertz CT molecular complexity index is 1180. The van der Waals surface area contributed by atoms with E-state index in [-0.39, 0.29) is 16.5 Å². The highest BCUT2D eigenvalue weighted by atomic mass is 32.2. The fraction of sp³-hybridized carbons (Fsp3) is 0.375. The van der Waals surface area contributed by atoms with Crippen LogP contribution >= 0.6 is 0 Å². The van der Waals surface area contributed by atoms with E-state index in [1.807, 2.05) is 12.1 Å². The molecular formula is C24H29N5O4S. The molecular weight excluding hydrogens is 454 g/mol. The first-order valence-corrected chi connectivity index (χ1v) is 13.0.